The van der Waals surface area contributed by atoms with Gasteiger partial charge in [-0.25, -0.2) is 0 Å². The highest BCUT2D eigenvalue weighted by Gasteiger charge is 2.23. The summed E-state index contributed by atoms with van der Waals surface area (Å²) in [6.07, 6.45) is 4.27. The quantitative estimate of drug-likeness (QED) is 0.308. The maximum atomic E-state index is 10.4. The fourth-order valence-electron chi connectivity index (χ4n) is 4.95. The Bertz CT molecular complexity index is 1230. The van der Waals surface area contributed by atoms with E-state index in [1.54, 1.807) is 6.07 Å². The van der Waals surface area contributed by atoms with Gasteiger partial charge in [0.15, 0.2) is 0 Å². The van der Waals surface area contributed by atoms with Crippen molar-refractivity contribution in [2.24, 2.45) is 0 Å². The van der Waals surface area contributed by atoms with Crippen molar-refractivity contribution in [2.75, 3.05) is 6.54 Å². The average molecular weight is 439 g/mol. The first-order valence-corrected chi connectivity index (χ1v) is 12.0. The van der Waals surface area contributed by atoms with Gasteiger partial charge in [0.25, 0.3) is 0 Å². The number of nitrogens with zero attached hydrogens (tertiary/aromatic N) is 2. The SMILES string of the molecule is CCCC(c1cnc(-c2c(C)ccc(O)c2C)c2ccccc12)N(CC)Cc1ccccc1. The molecule has 0 saturated carbocycles. The number of hydrogen-bond donors (Lipinski definition) is 1. The zero-order valence-electron chi connectivity index (χ0n) is 20.2. The van der Waals surface area contributed by atoms with Crippen molar-refractivity contribution in [2.45, 2.75) is 53.1 Å². The zero-order chi connectivity index (χ0) is 23.4. The van der Waals surface area contributed by atoms with Crippen molar-refractivity contribution >= 4 is 10.8 Å². The summed E-state index contributed by atoms with van der Waals surface area (Å²) < 4.78 is 0. The molecule has 33 heavy (non-hydrogen) atoms. The third kappa shape index (κ3) is 4.65. The molecule has 1 atom stereocenters. The van der Waals surface area contributed by atoms with Crippen LogP contribution in [0.25, 0.3) is 22.0 Å². The number of fused-ring (bicyclic) bond motifs is 1. The largest absolute Gasteiger partial charge is 0.508 e. The van der Waals surface area contributed by atoms with Crippen LogP contribution in [0.3, 0.4) is 0 Å². The van der Waals surface area contributed by atoms with Gasteiger partial charge in [-0.15, -0.1) is 0 Å². The predicted octanol–water partition coefficient (Wildman–Crippen LogP) is 7.59. The molecule has 4 rings (SSSR count). The lowest BCUT2D eigenvalue weighted by atomic mass is 9.91. The maximum absolute atomic E-state index is 10.4. The number of hydrogen-bond acceptors (Lipinski definition) is 3. The molecule has 1 aromatic heterocycles. The van der Waals surface area contributed by atoms with E-state index >= 15 is 0 Å². The Morgan fingerprint density at radius 2 is 1.58 bits per heavy atom. The lowest BCUT2D eigenvalue weighted by molar-refractivity contribution is 0.188. The lowest BCUT2D eigenvalue weighted by Crippen LogP contribution is -2.28. The molecule has 4 aromatic rings. The minimum Gasteiger partial charge on any atom is -0.508 e. The second-order valence-corrected chi connectivity index (χ2v) is 8.86. The molecular weight excluding hydrogens is 404 g/mol. The van der Waals surface area contributed by atoms with Gasteiger partial charge in [0.2, 0.25) is 0 Å². The first kappa shape index (κ1) is 23.0. The van der Waals surface area contributed by atoms with Crippen LogP contribution in [0.5, 0.6) is 5.75 Å². The summed E-state index contributed by atoms with van der Waals surface area (Å²) in [7, 11) is 0. The van der Waals surface area contributed by atoms with Gasteiger partial charge in [0.05, 0.1) is 5.69 Å². The van der Waals surface area contributed by atoms with Gasteiger partial charge in [-0.05, 0) is 55.0 Å². The summed E-state index contributed by atoms with van der Waals surface area (Å²) in [5.41, 5.74) is 6.60. The van der Waals surface area contributed by atoms with E-state index in [4.69, 9.17) is 4.98 Å². The predicted molar refractivity (Wildman–Crippen MR) is 138 cm³/mol. The van der Waals surface area contributed by atoms with Crippen molar-refractivity contribution in [1.82, 2.24) is 9.88 Å². The molecule has 0 aliphatic carbocycles. The van der Waals surface area contributed by atoms with E-state index in [9.17, 15) is 5.11 Å². The first-order chi connectivity index (χ1) is 16.0. The van der Waals surface area contributed by atoms with E-state index in [0.717, 1.165) is 53.7 Å². The summed E-state index contributed by atoms with van der Waals surface area (Å²) in [5, 5.41) is 12.8. The average Bonchev–Trinajstić information content (AvgIpc) is 2.85. The molecule has 3 aromatic carbocycles. The molecule has 3 heteroatoms. The van der Waals surface area contributed by atoms with Gasteiger partial charge < -0.3 is 5.11 Å². The Morgan fingerprint density at radius 1 is 0.879 bits per heavy atom. The maximum Gasteiger partial charge on any atom is 0.119 e. The van der Waals surface area contributed by atoms with Crippen LogP contribution >= 0.6 is 0 Å². The highest BCUT2D eigenvalue weighted by Crippen LogP contribution is 2.39. The van der Waals surface area contributed by atoms with Gasteiger partial charge in [-0.2, -0.15) is 0 Å². The van der Waals surface area contributed by atoms with Crippen LogP contribution in [0.4, 0.5) is 0 Å². The normalized spacial score (nSPS) is 12.4. The molecule has 1 heterocycles. The van der Waals surface area contributed by atoms with Crippen LogP contribution in [0, 0.1) is 13.8 Å². The molecule has 0 amide bonds. The van der Waals surface area contributed by atoms with Gasteiger partial charge in [0.1, 0.15) is 5.75 Å². The van der Waals surface area contributed by atoms with E-state index in [0.29, 0.717) is 5.75 Å². The summed E-state index contributed by atoms with van der Waals surface area (Å²) in [5.74, 6) is 0.314. The Kier molecular flexibility index (Phi) is 7.10. The van der Waals surface area contributed by atoms with Crippen molar-refractivity contribution in [1.29, 1.82) is 0 Å². The van der Waals surface area contributed by atoms with E-state index < -0.39 is 0 Å². The monoisotopic (exact) mass is 438 g/mol. The van der Waals surface area contributed by atoms with Crippen LogP contribution in [0.1, 0.15) is 55.0 Å². The molecule has 3 nitrogen and oxygen atoms in total. The second kappa shape index (κ2) is 10.2. The number of phenolic OH excluding ortho intramolecular Hbond substituents is 1. The Hall–Kier alpha value is -3.17. The molecule has 0 fully saturated rings. The smallest absolute Gasteiger partial charge is 0.119 e. The van der Waals surface area contributed by atoms with Crippen molar-refractivity contribution < 1.29 is 5.11 Å². The number of aromatic nitrogens is 1. The molecule has 0 bridgehead atoms. The summed E-state index contributed by atoms with van der Waals surface area (Å²) in [6, 6.07) is 23.3. The second-order valence-electron chi connectivity index (χ2n) is 8.86. The van der Waals surface area contributed by atoms with Crippen molar-refractivity contribution in [3.05, 3.63) is 95.2 Å². The topological polar surface area (TPSA) is 36.4 Å². The lowest BCUT2D eigenvalue weighted by Gasteiger charge is -2.32. The zero-order valence-corrected chi connectivity index (χ0v) is 20.2. The van der Waals surface area contributed by atoms with Crippen LogP contribution in [-0.4, -0.2) is 21.5 Å². The number of rotatable bonds is 8. The summed E-state index contributed by atoms with van der Waals surface area (Å²) >= 11 is 0. The molecule has 1 N–H and O–H groups in total. The first-order valence-electron chi connectivity index (χ1n) is 12.0. The van der Waals surface area contributed by atoms with E-state index in [2.05, 4.69) is 86.5 Å². The third-order valence-electron chi connectivity index (χ3n) is 6.70. The number of benzene rings is 3. The summed E-state index contributed by atoms with van der Waals surface area (Å²) in [6.45, 7) is 10.5. The van der Waals surface area contributed by atoms with E-state index in [1.165, 1.54) is 16.5 Å². The standard InChI is InChI=1S/C30H34N2O/c1-5-12-27(32(6-2)20-23-13-8-7-9-14-23)26-19-31-30(25-16-11-10-15-24(25)26)29-21(3)17-18-28(33)22(29)4/h7-11,13-19,27,33H,5-6,12,20H2,1-4H3. The molecular formula is C30H34N2O. The van der Waals surface area contributed by atoms with Crippen molar-refractivity contribution in [3.8, 4) is 17.0 Å². The molecule has 0 aliphatic rings. The molecule has 0 spiro atoms. The highest BCUT2D eigenvalue weighted by molar-refractivity contribution is 5.98. The Labute approximate surface area is 197 Å². The van der Waals surface area contributed by atoms with Gasteiger partial charge in [-0.3, -0.25) is 9.88 Å². The molecule has 0 saturated heterocycles. The highest BCUT2D eigenvalue weighted by atomic mass is 16.3. The van der Waals surface area contributed by atoms with Gasteiger partial charge in [0, 0.05) is 35.3 Å². The molecule has 0 radical (unpaired) electrons. The number of aryl methyl sites for hydroxylation is 1. The Morgan fingerprint density at radius 3 is 2.27 bits per heavy atom. The van der Waals surface area contributed by atoms with Crippen LogP contribution in [0.2, 0.25) is 0 Å². The van der Waals surface area contributed by atoms with E-state index in [-0.39, 0.29) is 6.04 Å². The minimum absolute atomic E-state index is 0.290. The minimum atomic E-state index is 0.290. The van der Waals surface area contributed by atoms with Gasteiger partial charge in [-0.1, -0.05) is 80.9 Å². The van der Waals surface area contributed by atoms with Crippen LogP contribution in [0.15, 0.2) is 72.9 Å². The van der Waals surface area contributed by atoms with Crippen LogP contribution < -0.4 is 0 Å². The number of aromatic hydroxyl groups is 1. The van der Waals surface area contributed by atoms with Crippen LogP contribution in [-0.2, 0) is 6.54 Å². The molecule has 0 aliphatic heterocycles. The summed E-state index contributed by atoms with van der Waals surface area (Å²) in [4.78, 5) is 7.59. The fraction of sp³-hybridized carbons (Fsp3) is 0.300. The molecule has 170 valence electrons. The van der Waals surface area contributed by atoms with E-state index in [1.807, 2.05) is 13.0 Å². The number of pyridine rings is 1. The Balaban J connectivity index is 1.85. The molecule has 1 unspecified atom stereocenters. The fourth-order valence-corrected chi connectivity index (χ4v) is 4.95. The van der Waals surface area contributed by atoms with Crippen molar-refractivity contribution in [3.63, 3.8) is 0 Å². The third-order valence-corrected chi connectivity index (χ3v) is 6.70. The number of phenols is 1. The van der Waals surface area contributed by atoms with Gasteiger partial charge >= 0.3 is 0 Å².